The lowest BCUT2D eigenvalue weighted by atomic mass is 10.7. The molecule has 0 aliphatic carbocycles. The molecule has 0 aliphatic heterocycles. The van der Waals surface area contributed by atoms with E-state index in [9.17, 15) is 13.6 Å². The Morgan fingerprint density at radius 3 is 2.33 bits per heavy atom. The summed E-state index contributed by atoms with van der Waals surface area (Å²) in [5.41, 5.74) is 1.94. The molecular weight excluding hydrogens is 234 g/mol. The standard InChI is InChI=1S/C6H5BrF2N2O/c7-6(8,9)5(12)10-11-3-1-2-4-11/h1-4H,(H,10,12). The van der Waals surface area contributed by atoms with Crippen LogP contribution in [0.5, 0.6) is 0 Å². The van der Waals surface area contributed by atoms with Crippen LogP contribution in [-0.4, -0.2) is 15.4 Å². The second kappa shape index (κ2) is 3.22. The van der Waals surface area contributed by atoms with Gasteiger partial charge in [-0.05, 0) is 12.1 Å². The first kappa shape index (κ1) is 9.18. The van der Waals surface area contributed by atoms with Crippen molar-refractivity contribution >= 4 is 21.8 Å². The van der Waals surface area contributed by atoms with E-state index in [0.29, 0.717) is 0 Å². The topological polar surface area (TPSA) is 34.0 Å². The van der Waals surface area contributed by atoms with Crippen LogP contribution in [0.4, 0.5) is 8.78 Å². The molecule has 0 unspecified atom stereocenters. The highest BCUT2D eigenvalue weighted by Crippen LogP contribution is 2.21. The van der Waals surface area contributed by atoms with E-state index in [-0.39, 0.29) is 0 Å². The number of amides is 1. The largest absolute Gasteiger partial charge is 0.379 e. The summed E-state index contributed by atoms with van der Waals surface area (Å²) in [7, 11) is 0. The first-order valence-electron chi connectivity index (χ1n) is 3.01. The van der Waals surface area contributed by atoms with Gasteiger partial charge in [0.2, 0.25) is 0 Å². The van der Waals surface area contributed by atoms with Gasteiger partial charge in [0.1, 0.15) is 0 Å². The minimum atomic E-state index is -3.53. The van der Waals surface area contributed by atoms with Crippen LogP contribution in [0, 0.1) is 0 Å². The van der Waals surface area contributed by atoms with Crippen molar-refractivity contribution in [2.75, 3.05) is 5.43 Å². The Morgan fingerprint density at radius 2 is 1.92 bits per heavy atom. The summed E-state index contributed by atoms with van der Waals surface area (Å²) in [4.78, 5) is 7.07. The maximum absolute atomic E-state index is 12.2. The van der Waals surface area contributed by atoms with Crippen LogP contribution in [0.2, 0.25) is 0 Å². The molecule has 0 saturated carbocycles. The van der Waals surface area contributed by atoms with E-state index < -0.39 is 10.7 Å². The van der Waals surface area contributed by atoms with E-state index in [1.165, 1.54) is 12.4 Å². The van der Waals surface area contributed by atoms with Crippen molar-refractivity contribution in [3.8, 4) is 0 Å². The molecule has 0 atom stereocenters. The van der Waals surface area contributed by atoms with Gasteiger partial charge in [-0.3, -0.25) is 14.9 Å². The van der Waals surface area contributed by atoms with Crippen LogP contribution in [0.1, 0.15) is 0 Å². The van der Waals surface area contributed by atoms with E-state index in [1.807, 2.05) is 21.4 Å². The highest BCUT2D eigenvalue weighted by molar-refractivity contribution is 9.10. The second-order valence-electron chi connectivity index (χ2n) is 2.03. The second-order valence-corrected chi connectivity index (χ2v) is 3.02. The Balaban J connectivity index is 2.60. The molecule has 66 valence electrons. The van der Waals surface area contributed by atoms with Crippen molar-refractivity contribution < 1.29 is 13.6 Å². The average molecular weight is 239 g/mol. The first-order chi connectivity index (χ1) is 5.50. The molecule has 0 aliphatic rings. The third-order valence-corrected chi connectivity index (χ3v) is 1.45. The summed E-state index contributed by atoms with van der Waals surface area (Å²) in [6, 6.07) is 3.21. The van der Waals surface area contributed by atoms with Gasteiger partial charge >= 0.3 is 10.7 Å². The van der Waals surface area contributed by atoms with Crippen LogP contribution in [0.15, 0.2) is 24.5 Å². The Morgan fingerprint density at radius 1 is 1.42 bits per heavy atom. The Labute approximate surface area is 75.5 Å². The molecule has 0 radical (unpaired) electrons. The normalized spacial score (nSPS) is 11.2. The van der Waals surface area contributed by atoms with E-state index in [4.69, 9.17) is 0 Å². The number of aromatic nitrogens is 1. The zero-order chi connectivity index (χ0) is 9.19. The third-order valence-electron chi connectivity index (χ3n) is 1.09. The molecule has 3 nitrogen and oxygen atoms in total. The van der Waals surface area contributed by atoms with Gasteiger partial charge in [-0.1, -0.05) is 0 Å². The Hall–Kier alpha value is -0.910. The average Bonchev–Trinajstić information content (AvgIpc) is 2.37. The molecule has 0 fully saturated rings. The summed E-state index contributed by atoms with van der Waals surface area (Å²) in [5, 5.41) is 0. The highest BCUT2D eigenvalue weighted by Gasteiger charge is 2.34. The SMILES string of the molecule is O=C(Nn1cccc1)C(F)(F)Br. The summed E-state index contributed by atoms with van der Waals surface area (Å²) < 4.78 is 25.5. The van der Waals surface area contributed by atoms with E-state index in [0.717, 1.165) is 4.68 Å². The lowest BCUT2D eigenvalue weighted by molar-refractivity contribution is -0.129. The summed E-state index contributed by atoms with van der Waals surface area (Å²) in [6.07, 6.45) is 2.88. The molecule has 12 heavy (non-hydrogen) atoms. The van der Waals surface area contributed by atoms with Gasteiger partial charge in [-0.15, -0.1) is 0 Å². The van der Waals surface area contributed by atoms with Crippen molar-refractivity contribution in [3.63, 3.8) is 0 Å². The number of carbonyl (C=O) groups is 1. The lowest BCUT2D eigenvalue weighted by Gasteiger charge is -2.09. The van der Waals surface area contributed by atoms with Gasteiger partial charge in [0, 0.05) is 28.3 Å². The van der Waals surface area contributed by atoms with Crippen molar-refractivity contribution in [1.29, 1.82) is 0 Å². The highest BCUT2D eigenvalue weighted by atomic mass is 79.9. The molecular formula is C6H5BrF2N2O. The molecule has 1 N–H and O–H groups in total. The number of alkyl halides is 3. The summed E-state index contributed by atoms with van der Waals surface area (Å²) in [5.74, 6) is -1.40. The quantitative estimate of drug-likeness (QED) is 0.780. The Kier molecular flexibility index (Phi) is 2.46. The molecule has 1 aromatic heterocycles. The lowest BCUT2D eigenvalue weighted by Crippen LogP contribution is -2.33. The smallest absolute Gasteiger partial charge is 0.268 e. The van der Waals surface area contributed by atoms with Crippen molar-refractivity contribution in [2.45, 2.75) is 4.83 Å². The number of rotatable bonds is 2. The molecule has 0 aromatic carbocycles. The maximum Gasteiger partial charge on any atom is 0.379 e. The zero-order valence-corrected chi connectivity index (χ0v) is 7.38. The van der Waals surface area contributed by atoms with Crippen molar-refractivity contribution in [3.05, 3.63) is 24.5 Å². The Bertz CT molecular complexity index is 268. The zero-order valence-electron chi connectivity index (χ0n) is 5.80. The first-order valence-corrected chi connectivity index (χ1v) is 3.80. The fourth-order valence-electron chi connectivity index (χ4n) is 0.590. The fourth-order valence-corrected chi connectivity index (χ4v) is 0.678. The predicted octanol–water partition coefficient (Wildman–Crippen LogP) is 1.55. The monoisotopic (exact) mass is 238 g/mol. The van der Waals surface area contributed by atoms with Crippen LogP contribution in [0.3, 0.4) is 0 Å². The van der Waals surface area contributed by atoms with Crippen LogP contribution in [-0.2, 0) is 4.79 Å². The fraction of sp³-hybridized carbons (Fsp3) is 0.167. The number of halogens is 3. The van der Waals surface area contributed by atoms with Crippen LogP contribution >= 0.6 is 15.9 Å². The predicted molar refractivity (Wildman–Crippen MR) is 42.7 cm³/mol. The molecule has 1 heterocycles. The van der Waals surface area contributed by atoms with Gasteiger partial charge < -0.3 is 0 Å². The van der Waals surface area contributed by atoms with E-state index in [1.54, 1.807) is 12.1 Å². The number of hydrogen-bond acceptors (Lipinski definition) is 1. The summed E-state index contributed by atoms with van der Waals surface area (Å²) in [6.45, 7) is 0. The summed E-state index contributed by atoms with van der Waals surface area (Å²) >= 11 is 1.93. The van der Waals surface area contributed by atoms with Gasteiger partial charge in [-0.2, -0.15) is 8.78 Å². The van der Waals surface area contributed by atoms with E-state index >= 15 is 0 Å². The molecule has 0 saturated heterocycles. The van der Waals surface area contributed by atoms with Gasteiger partial charge in [-0.25, -0.2) is 0 Å². The molecule has 1 rings (SSSR count). The van der Waals surface area contributed by atoms with Crippen molar-refractivity contribution in [2.24, 2.45) is 0 Å². The van der Waals surface area contributed by atoms with Crippen molar-refractivity contribution in [1.82, 2.24) is 4.68 Å². The minimum absolute atomic E-state index is 1.14. The third kappa shape index (κ3) is 2.30. The maximum atomic E-state index is 12.2. The van der Waals surface area contributed by atoms with Gasteiger partial charge in [0.05, 0.1) is 0 Å². The minimum Gasteiger partial charge on any atom is -0.268 e. The van der Waals surface area contributed by atoms with Gasteiger partial charge in [0.25, 0.3) is 0 Å². The van der Waals surface area contributed by atoms with Gasteiger partial charge in [0.15, 0.2) is 0 Å². The number of carbonyl (C=O) groups excluding carboxylic acids is 1. The molecule has 1 amide bonds. The number of nitrogens with zero attached hydrogens (tertiary/aromatic N) is 1. The van der Waals surface area contributed by atoms with E-state index in [2.05, 4.69) is 0 Å². The number of hydrogen-bond donors (Lipinski definition) is 1. The molecule has 6 heteroatoms. The van der Waals surface area contributed by atoms with Crippen LogP contribution < -0.4 is 5.43 Å². The number of nitrogens with one attached hydrogen (secondary N) is 1. The molecule has 0 spiro atoms. The molecule has 1 aromatic rings. The van der Waals surface area contributed by atoms with Crippen LogP contribution in [0.25, 0.3) is 0 Å². The molecule has 0 bridgehead atoms.